The summed E-state index contributed by atoms with van der Waals surface area (Å²) in [6.07, 6.45) is 11.7. The van der Waals surface area contributed by atoms with Gasteiger partial charge in [0.2, 0.25) is 0 Å². The molecule has 1 heterocycles. The minimum Gasteiger partial charge on any atom is -0.348 e. The van der Waals surface area contributed by atoms with Crippen LogP contribution < -0.4 is 10.6 Å². The molecule has 0 aliphatic rings. The number of hydrogen-bond acceptors (Lipinski definition) is 2. The maximum atomic E-state index is 11.5. The second-order valence-corrected chi connectivity index (χ2v) is 4.78. The number of amides is 2. The van der Waals surface area contributed by atoms with E-state index < -0.39 is 0 Å². The van der Waals surface area contributed by atoms with Gasteiger partial charge in [0, 0.05) is 31.4 Å². The number of rotatable bonds is 10. The maximum Gasteiger partial charge on any atom is 0.314 e. The highest BCUT2D eigenvalue weighted by molar-refractivity contribution is 5.73. The minimum atomic E-state index is -0.0759. The summed E-state index contributed by atoms with van der Waals surface area (Å²) in [5.74, 6) is 0. The van der Waals surface area contributed by atoms with Gasteiger partial charge in [-0.3, -0.25) is 0 Å². The van der Waals surface area contributed by atoms with E-state index in [-0.39, 0.29) is 6.03 Å². The largest absolute Gasteiger partial charge is 0.348 e. The van der Waals surface area contributed by atoms with Crippen LogP contribution in [0.1, 0.15) is 51.1 Å². The molecule has 0 aliphatic carbocycles. The molecule has 5 nitrogen and oxygen atoms in total. The van der Waals surface area contributed by atoms with Gasteiger partial charge in [0.1, 0.15) is 0 Å². The molecule has 0 saturated carbocycles. The zero-order valence-corrected chi connectivity index (χ0v) is 11.9. The molecule has 1 aromatic heterocycles. The molecule has 0 fully saturated rings. The molecule has 1 aromatic rings. The molecule has 0 radical (unpaired) electrons. The fraction of sp³-hybridized carbons (Fsp3) is 0.714. The summed E-state index contributed by atoms with van der Waals surface area (Å²) in [5, 5.41) is 5.71. The molecule has 0 atom stereocenters. The lowest BCUT2D eigenvalue weighted by Crippen LogP contribution is -2.37. The predicted octanol–water partition coefficient (Wildman–Crippen LogP) is 2.61. The summed E-state index contributed by atoms with van der Waals surface area (Å²) in [6.45, 7) is 3.61. The smallest absolute Gasteiger partial charge is 0.314 e. The maximum absolute atomic E-state index is 11.5. The van der Waals surface area contributed by atoms with Crippen LogP contribution in [0.5, 0.6) is 0 Å². The normalized spacial score (nSPS) is 10.4. The van der Waals surface area contributed by atoms with E-state index in [1.165, 1.54) is 32.1 Å². The van der Waals surface area contributed by atoms with Crippen LogP contribution in [0.25, 0.3) is 0 Å². The zero-order valence-electron chi connectivity index (χ0n) is 11.9. The van der Waals surface area contributed by atoms with E-state index in [9.17, 15) is 4.79 Å². The Bertz CT molecular complexity index is 324. The van der Waals surface area contributed by atoms with Gasteiger partial charge in [-0.1, -0.05) is 39.0 Å². The third kappa shape index (κ3) is 8.24. The van der Waals surface area contributed by atoms with E-state index in [2.05, 4.69) is 27.5 Å². The van der Waals surface area contributed by atoms with Gasteiger partial charge in [0.15, 0.2) is 0 Å². The van der Waals surface area contributed by atoms with E-state index in [1.807, 2.05) is 0 Å². The summed E-state index contributed by atoms with van der Waals surface area (Å²) < 4.78 is 0. The van der Waals surface area contributed by atoms with Crippen LogP contribution in [0.3, 0.4) is 0 Å². The summed E-state index contributed by atoms with van der Waals surface area (Å²) in [6, 6.07) is -0.0759. The third-order valence-electron chi connectivity index (χ3n) is 3.05. The Balaban J connectivity index is 1.88. The number of nitrogens with zero attached hydrogens (tertiary/aromatic N) is 1. The number of H-pyrrole nitrogens is 1. The lowest BCUT2D eigenvalue weighted by molar-refractivity contribution is 0.241. The van der Waals surface area contributed by atoms with Gasteiger partial charge in [-0.05, 0) is 6.42 Å². The van der Waals surface area contributed by atoms with E-state index in [0.29, 0.717) is 6.54 Å². The monoisotopic (exact) mass is 266 g/mol. The Morgan fingerprint density at radius 1 is 1.16 bits per heavy atom. The topological polar surface area (TPSA) is 69.8 Å². The lowest BCUT2D eigenvalue weighted by Gasteiger charge is -2.07. The van der Waals surface area contributed by atoms with Gasteiger partial charge in [-0.2, -0.15) is 0 Å². The van der Waals surface area contributed by atoms with Crippen molar-refractivity contribution in [2.24, 2.45) is 0 Å². The predicted molar refractivity (Wildman–Crippen MR) is 77.1 cm³/mol. The number of carbonyl (C=O) groups excluding carboxylic acids is 1. The molecule has 108 valence electrons. The van der Waals surface area contributed by atoms with Crippen LogP contribution in [0.4, 0.5) is 4.79 Å². The van der Waals surface area contributed by atoms with E-state index in [0.717, 1.165) is 25.1 Å². The van der Waals surface area contributed by atoms with Gasteiger partial charge < -0.3 is 15.6 Å². The van der Waals surface area contributed by atoms with Crippen molar-refractivity contribution < 1.29 is 4.79 Å². The van der Waals surface area contributed by atoms with Crippen molar-refractivity contribution in [1.29, 1.82) is 0 Å². The first-order valence-corrected chi connectivity index (χ1v) is 7.32. The number of aromatic nitrogens is 2. The van der Waals surface area contributed by atoms with Crippen molar-refractivity contribution in [3.8, 4) is 0 Å². The van der Waals surface area contributed by atoms with Crippen LogP contribution >= 0.6 is 0 Å². The summed E-state index contributed by atoms with van der Waals surface area (Å²) in [5.41, 5.74) is 1.04. The van der Waals surface area contributed by atoms with Crippen LogP contribution in [-0.2, 0) is 6.42 Å². The molecule has 2 amide bonds. The highest BCUT2D eigenvalue weighted by Gasteiger charge is 1.99. The quantitative estimate of drug-likeness (QED) is 0.570. The average Bonchev–Trinajstić information content (AvgIpc) is 2.91. The van der Waals surface area contributed by atoms with Gasteiger partial charge in [0.05, 0.1) is 6.33 Å². The van der Waals surface area contributed by atoms with Crippen LogP contribution in [0.2, 0.25) is 0 Å². The van der Waals surface area contributed by atoms with Crippen molar-refractivity contribution in [2.75, 3.05) is 13.1 Å². The Hall–Kier alpha value is -1.52. The molecule has 5 heteroatoms. The standard InChI is InChI=1S/C14H26N4O/c1-2-3-4-5-6-7-9-16-14(19)17-10-8-13-11-15-12-18-13/h11-12H,2-10H2,1H3,(H,15,18)(H2,16,17,19). The number of carbonyl (C=O) groups is 1. The minimum absolute atomic E-state index is 0.0759. The molecule has 0 unspecified atom stereocenters. The Kier molecular flexibility index (Phi) is 8.51. The number of nitrogens with one attached hydrogen (secondary N) is 3. The van der Waals surface area contributed by atoms with Gasteiger partial charge in [0.25, 0.3) is 0 Å². The molecular weight excluding hydrogens is 240 g/mol. The van der Waals surface area contributed by atoms with E-state index >= 15 is 0 Å². The molecule has 0 bridgehead atoms. The highest BCUT2D eigenvalue weighted by atomic mass is 16.2. The van der Waals surface area contributed by atoms with Crippen molar-refractivity contribution in [1.82, 2.24) is 20.6 Å². The first-order valence-electron chi connectivity index (χ1n) is 7.32. The van der Waals surface area contributed by atoms with Crippen molar-refractivity contribution in [3.63, 3.8) is 0 Å². The molecule has 0 aromatic carbocycles. The first kappa shape index (κ1) is 15.5. The Morgan fingerprint density at radius 3 is 2.63 bits per heavy atom. The Labute approximate surface area is 115 Å². The van der Waals surface area contributed by atoms with E-state index in [4.69, 9.17) is 0 Å². The number of unbranched alkanes of at least 4 members (excludes halogenated alkanes) is 5. The number of urea groups is 1. The summed E-state index contributed by atoms with van der Waals surface area (Å²) in [4.78, 5) is 18.4. The molecule has 3 N–H and O–H groups in total. The molecule has 0 aliphatic heterocycles. The summed E-state index contributed by atoms with van der Waals surface area (Å²) in [7, 11) is 0. The van der Waals surface area contributed by atoms with Gasteiger partial charge in [-0.15, -0.1) is 0 Å². The molecule has 0 saturated heterocycles. The zero-order chi connectivity index (χ0) is 13.8. The van der Waals surface area contributed by atoms with Crippen LogP contribution in [0, 0.1) is 0 Å². The van der Waals surface area contributed by atoms with Crippen LogP contribution in [-0.4, -0.2) is 29.1 Å². The number of hydrogen-bond donors (Lipinski definition) is 3. The second-order valence-electron chi connectivity index (χ2n) is 4.78. The van der Waals surface area contributed by atoms with Gasteiger partial charge >= 0.3 is 6.03 Å². The van der Waals surface area contributed by atoms with Crippen molar-refractivity contribution in [3.05, 3.63) is 18.2 Å². The molecule has 1 rings (SSSR count). The average molecular weight is 266 g/mol. The summed E-state index contributed by atoms with van der Waals surface area (Å²) >= 11 is 0. The fourth-order valence-electron chi connectivity index (χ4n) is 1.90. The highest BCUT2D eigenvalue weighted by Crippen LogP contribution is 2.03. The van der Waals surface area contributed by atoms with Crippen molar-refractivity contribution >= 4 is 6.03 Å². The van der Waals surface area contributed by atoms with E-state index in [1.54, 1.807) is 12.5 Å². The first-order chi connectivity index (χ1) is 9.33. The third-order valence-corrected chi connectivity index (χ3v) is 3.05. The Morgan fingerprint density at radius 2 is 1.89 bits per heavy atom. The lowest BCUT2D eigenvalue weighted by atomic mass is 10.1. The van der Waals surface area contributed by atoms with Gasteiger partial charge in [-0.25, -0.2) is 9.78 Å². The number of imidazole rings is 1. The second kappa shape index (κ2) is 10.4. The fourth-order valence-corrected chi connectivity index (χ4v) is 1.90. The van der Waals surface area contributed by atoms with Crippen LogP contribution in [0.15, 0.2) is 12.5 Å². The molecule has 19 heavy (non-hydrogen) atoms. The number of aromatic amines is 1. The molecular formula is C14H26N4O. The molecule has 0 spiro atoms. The van der Waals surface area contributed by atoms with Crippen molar-refractivity contribution in [2.45, 2.75) is 51.9 Å². The SMILES string of the molecule is CCCCCCCCNC(=O)NCCc1cnc[nH]1.